The first kappa shape index (κ1) is 15.5. The minimum atomic E-state index is -5.57. The molecule has 4 rings (SSSR count). The number of anilines is 2. The van der Waals surface area contributed by atoms with Gasteiger partial charge in [0.1, 0.15) is 11.6 Å². The van der Waals surface area contributed by atoms with Gasteiger partial charge in [-0.15, -0.1) is 11.3 Å². The second kappa shape index (κ2) is 8.93. The lowest BCUT2D eigenvalue weighted by Gasteiger charge is -2.14. The second-order valence-corrected chi connectivity index (χ2v) is 10.1. The smallest absolute Gasteiger partial charge is 0.267 e. The van der Waals surface area contributed by atoms with Crippen molar-refractivity contribution < 1.29 is 33.9 Å². The Balaban J connectivity index is 2.04. The predicted molar refractivity (Wildman–Crippen MR) is 129 cm³/mol. The van der Waals surface area contributed by atoms with Gasteiger partial charge in [-0.2, -0.15) is 0 Å². The number of nitrogens with zero attached hydrogens (tertiary/aromatic N) is 3. The molecule has 35 heavy (non-hydrogen) atoms. The third kappa shape index (κ3) is 4.84. The van der Waals surface area contributed by atoms with E-state index in [1.54, 1.807) is 0 Å². The Morgan fingerprint density at radius 3 is 2.46 bits per heavy atom. The molecule has 0 aliphatic carbocycles. The van der Waals surface area contributed by atoms with E-state index in [2.05, 4.69) is 15.0 Å². The number of rotatable bonds is 5. The highest BCUT2D eigenvalue weighted by molar-refractivity contribution is 7.92. The van der Waals surface area contributed by atoms with Gasteiger partial charge < -0.3 is 5.73 Å². The molecule has 2 aromatic carbocycles. The van der Waals surface area contributed by atoms with Crippen LogP contribution >= 0.6 is 11.3 Å². The molecule has 0 aliphatic heterocycles. The number of halogens is 3. The zero-order valence-corrected chi connectivity index (χ0v) is 19.5. The predicted octanol–water partition coefficient (Wildman–Crippen LogP) is 5.36. The van der Waals surface area contributed by atoms with Crippen molar-refractivity contribution in [1.29, 1.82) is 0 Å². The molecule has 0 amide bonds. The van der Waals surface area contributed by atoms with E-state index < -0.39 is 97.8 Å². The molecule has 0 saturated heterocycles. The first-order chi connectivity index (χ1) is 20.1. The minimum absolute atomic E-state index is 0.00872. The Hall–Kier alpha value is -3.51. The van der Waals surface area contributed by atoms with Crippen molar-refractivity contribution in [2.45, 2.75) is 31.0 Å². The molecular weight excluding hydrogens is 499 g/mol. The molecule has 2 heterocycles. The molecule has 3 N–H and O–H groups in total. The van der Waals surface area contributed by atoms with E-state index in [9.17, 15) is 17.2 Å². The van der Waals surface area contributed by atoms with Gasteiger partial charge in [0.05, 0.1) is 35.2 Å². The number of sulfonamides is 1. The van der Waals surface area contributed by atoms with Gasteiger partial charge in [0.15, 0.2) is 10.7 Å². The highest BCUT2D eigenvalue weighted by Crippen LogP contribution is 2.42. The summed E-state index contributed by atoms with van der Waals surface area (Å²) in [6.45, 7) is 0.00976. The van der Waals surface area contributed by atoms with Gasteiger partial charge in [0.25, 0.3) is 10.0 Å². The van der Waals surface area contributed by atoms with E-state index >= 15 is 4.39 Å². The zero-order valence-electron chi connectivity index (χ0n) is 26.8. The average Bonchev–Trinajstić information content (AvgIpc) is 3.37. The fraction of sp³-hybridized carbons (Fsp3) is 0.174. The molecule has 7 nitrogen and oxygen atoms in total. The number of nitrogens with one attached hydrogen (secondary N) is 1. The van der Waals surface area contributed by atoms with Crippen molar-refractivity contribution in [2.24, 2.45) is 0 Å². The third-order valence-electron chi connectivity index (χ3n) is 4.37. The van der Waals surface area contributed by atoms with Gasteiger partial charge in [0.2, 0.25) is 5.95 Å². The van der Waals surface area contributed by atoms with Crippen LogP contribution in [-0.2, 0) is 15.4 Å². The van der Waals surface area contributed by atoms with Gasteiger partial charge >= 0.3 is 0 Å². The maximum atomic E-state index is 16.3. The number of benzene rings is 2. The monoisotopic (exact) mass is 528 g/mol. The van der Waals surface area contributed by atoms with Crippen LogP contribution in [0.4, 0.5) is 24.8 Å². The number of nitrogen functional groups attached to an aromatic ring is 1. The summed E-state index contributed by atoms with van der Waals surface area (Å²) in [5.41, 5.74) is 1.31. The zero-order chi connectivity index (χ0) is 33.3. The molecule has 0 saturated carbocycles. The average molecular weight is 529 g/mol. The summed E-state index contributed by atoms with van der Waals surface area (Å²) in [7, 11) is -5.57. The second-order valence-electron chi connectivity index (χ2n) is 7.50. The molecule has 0 radical (unpaired) electrons. The summed E-state index contributed by atoms with van der Waals surface area (Å²) in [5.74, 6) is -6.06. The summed E-state index contributed by atoms with van der Waals surface area (Å²) in [4.78, 5) is 10.1. The van der Waals surface area contributed by atoms with Crippen LogP contribution in [0.2, 0.25) is 0 Å². The highest BCUT2D eigenvalue weighted by Gasteiger charge is 2.28. The molecule has 0 atom stereocenters. The first-order valence-electron chi connectivity index (χ1n) is 14.0. The Morgan fingerprint density at radius 1 is 1.11 bits per heavy atom. The fourth-order valence-electron chi connectivity index (χ4n) is 2.83. The Morgan fingerprint density at radius 2 is 1.80 bits per heavy atom. The Bertz CT molecular complexity index is 1930. The van der Waals surface area contributed by atoms with Crippen LogP contribution in [-0.4, -0.2) is 23.4 Å². The molecule has 0 aliphatic rings. The maximum absolute atomic E-state index is 16.3. The molecular formula is C23H20F3N5O2S2. The molecule has 0 spiro atoms. The molecule has 0 unspecified atom stereocenters. The van der Waals surface area contributed by atoms with E-state index in [1.807, 2.05) is 0 Å². The van der Waals surface area contributed by atoms with Gasteiger partial charge in [-0.3, -0.25) is 4.72 Å². The van der Waals surface area contributed by atoms with E-state index in [1.165, 1.54) is 30.8 Å². The van der Waals surface area contributed by atoms with Crippen LogP contribution in [0.25, 0.3) is 21.8 Å². The van der Waals surface area contributed by atoms with E-state index in [0.717, 1.165) is 11.3 Å². The fourth-order valence-corrected chi connectivity index (χ4v) is 4.96. The topological polar surface area (TPSA) is 111 Å². The first-order valence-corrected chi connectivity index (χ1v) is 11.8. The van der Waals surface area contributed by atoms with Crippen LogP contribution in [0.1, 0.15) is 38.0 Å². The van der Waals surface area contributed by atoms with E-state index in [4.69, 9.17) is 18.1 Å². The number of thiazole rings is 1. The summed E-state index contributed by atoms with van der Waals surface area (Å²) < 4.78 is 145. The SMILES string of the molecule is [2H]c1c([2H])c(F)c(S(=O)(=O)Nc2c([2H])c([2H])c([2H])c(-c3nc(C(C)(C)C([2H])([2H])[2H])sc3-c3ccnc(N)n3)c2F)c(F)c1[2H]. The number of hydrogen-bond acceptors (Lipinski definition) is 7. The van der Waals surface area contributed by atoms with Crippen LogP contribution in [0.15, 0.2) is 53.4 Å². The molecule has 182 valence electrons. The van der Waals surface area contributed by atoms with Crippen molar-refractivity contribution in [3.8, 4) is 21.8 Å². The van der Waals surface area contributed by atoms with Gasteiger partial charge in [0, 0.05) is 21.3 Å². The standard InChI is InChI=1S/C23H20F3N5O2S2/c1-23(2,3)21-30-18(19(34-21)16-10-11-28-22(27)29-16)12-6-4-9-15(17(12)26)31-35(32,33)20-13(24)7-5-8-14(20)25/h4-11,31H,1-3H3,(H2,27,28,29)/i1D3,4D,5D,6D,7D,8D,9D. The number of nitrogens with two attached hydrogens (primary N) is 1. The quantitative estimate of drug-likeness (QED) is 0.361. The summed E-state index contributed by atoms with van der Waals surface area (Å²) >= 11 is 0.729. The summed E-state index contributed by atoms with van der Waals surface area (Å²) in [5, 5.41) is -0.104. The largest absolute Gasteiger partial charge is 0.368 e. The van der Waals surface area contributed by atoms with Crippen molar-refractivity contribution in [2.75, 3.05) is 10.5 Å². The lowest BCUT2D eigenvalue weighted by atomic mass is 9.98. The highest BCUT2D eigenvalue weighted by atomic mass is 32.2. The van der Waals surface area contributed by atoms with Crippen LogP contribution in [0.3, 0.4) is 0 Å². The van der Waals surface area contributed by atoms with E-state index in [0.29, 0.717) is 0 Å². The lowest BCUT2D eigenvalue weighted by Crippen LogP contribution is -2.17. The Labute approximate surface area is 216 Å². The molecule has 0 bridgehead atoms. The van der Waals surface area contributed by atoms with Crippen LogP contribution < -0.4 is 10.5 Å². The third-order valence-corrected chi connectivity index (χ3v) is 7.14. The molecule has 0 fully saturated rings. The maximum Gasteiger partial charge on any atom is 0.267 e. The van der Waals surface area contributed by atoms with Crippen LogP contribution in [0.5, 0.6) is 0 Å². The van der Waals surface area contributed by atoms with Crippen molar-refractivity contribution >= 4 is 33.0 Å². The number of aromatic nitrogens is 3. The van der Waals surface area contributed by atoms with E-state index in [-0.39, 0.29) is 21.5 Å². The summed E-state index contributed by atoms with van der Waals surface area (Å²) in [6, 6.07) is -6.07. The van der Waals surface area contributed by atoms with Gasteiger partial charge in [-0.05, 0) is 30.2 Å². The minimum Gasteiger partial charge on any atom is -0.368 e. The molecule has 2 aromatic heterocycles. The summed E-state index contributed by atoms with van der Waals surface area (Å²) in [6.07, 6.45) is 1.22. The van der Waals surface area contributed by atoms with Gasteiger partial charge in [-0.25, -0.2) is 36.5 Å². The van der Waals surface area contributed by atoms with Gasteiger partial charge in [-0.1, -0.05) is 32.8 Å². The van der Waals surface area contributed by atoms with Crippen molar-refractivity contribution in [3.05, 3.63) is 71.0 Å². The lowest BCUT2D eigenvalue weighted by molar-refractivity contribution is 0.521. The molecule has 4 aromatic rings. The van der Waals surface area contributed by atoms with Crippen molar-refractivity contribution in [3.63, 3.8) is 0 Å². The van der Waals surface area contributed by atoms with Crippen molar-refractivity contribution in [1.82, 2.24) is 15.0 Å². The Kier molecular flexibility index (Phi) is 3.95. The number of hydrogen-bond donors (Lipinski definition) is 2. The van der Waals surface area contributed by atoms with Crippen LogP contribution in [0, 0.1) is 17.5 Å². The molecule has 12 heteroatoms. The normalized spacial score (nSPS) is 16.1.